The van der Waals surface area contributed by atoms with Gasteiger partial charge in [0, 0.05) is 40.1 Å². The summed E-state index contributed by atoms with van der Waals surface area (Å²) in [6.45, 7) is -0.399. The third-order valence-corrected chi connectivity index (χ3v) is 4.92. The van der Waals surface area contributed by atoms with Crippen molar-refractivity contribution < 1.29 is 8.78 Å². The number of halogens is 2. The summed E-state index contributed by atoms with van der Waals surface area (Å²) in [5, 5.41) is 10.9. The molecule has 153 valence electrons. The van der Waals surface area contributed by atoms with Crippen molar-refractivity contribution in [2.45, 2.75) is 13.0 Å². The first-order chi connectivity index (χ1) is 15.2. The first-order valence-electron chi connectivity index (χ1n) is 9.64. The Bertz CT molecular complexity index is 1310. The molecule has 0 amide bonds. The second-order valence-electron chi connectivity index (χ2n) is 7.00. The highest BCUT2D eigenvalue weighted by Crippen LogP contribution is 2.26. The van der Waals surface area contributed by atoms with Gasteiger partial charge >= 0.3 is 0 Å². The molecule has 1 radical (unpaired) electrons. The minimum absolute atomic E-state index is 0.399. The van der Waals surface area contributed by atoms with E-state index in [1.807, 2.05) is 48.7 Å². The molecule has 6 nitrogen and oxygen atoms in total. The van der Waals surface area contributed by atoms with Crippen LogP contribution >= 0.6 is 0 Å². The molecule has 0 saturated heterocycles. The highest BCUT2D eigenvalue weighted by atomic mass is 19.3. The Balaban J connectivity index is 1.40. The van der Waals surface area contributed by atoms with Crippen molar-refractivity contribution in [1.82, 2.24) is 24.7 Å². The van der Waals surface area contributed by atoms with Gasteiger partial charge in [-0.3, -0.25) is 5.10 Å². The lowest BCUT2D eigenvalue weighted by Gasteiger charge is -2.09. The fraction of sp³-hybridized carbons (Fsp3) is 0.0870. The van der Waals surface area contributed by atoms with Gasteiger partial charge in [-0.15, -0.1) is 0 Å². The Morgan fingerprint density at radius 2 is 1.87 bits per heavy atom. The molecule has 2 N–H and O–H groups in total. The number of hydrogen-bond acceptors (Lipinski definition) is 4. The van der Waals surface area contributed by atoms with E-state index < -0.39 is 13.0 Å². The van der Waals surface area contributed by atoms with Gasteiger partial charge in [-0.25, -0.2) is 18.7 Å². The minimum atomic E-state index is -2.45. The summed E-state index contributed by atoms with van der Waals surface area (Å²) in [6, 6.07) is 16.9. The van der Waals surface area contributed by atoms with Crippen LogP contribution in [0.5, 0.6) is 0 Å². The van der Waals surface area contributed by atoms with Crippen molar-refractivity contribution in [1.29, 1.82) is 0 Å². The van der Waals surface area contributed by atoms with E-state index in [4.69, 9.17) is 0 Å². The summed E-state index contributed by atoms with van der Waals surface area (Å²) >= 11 is 0. The zero-order valence-electron chi connectivity index (χ0n) is 16.3. The van der Waals surface area contributed by atoms with E-state index in [0.29, 0.717) is 17.2 Å². The summed E-state index contributed by atoms with van der Waals surface area (Å²) in [5.74, 6) is 1.14. The number of aromatic amines is 1. The predicted octanol–water partition coefficient (Wildman–Crippen LogP) is 5.30. The van der Waals surface area contributed by atoms with Crippen LogP contribution in [0.1, 0.15) is 0 Å². The maximum atomic E-state index is 12.8. The van der Waals surface area contributed by atoms with Crippen LogP contribution in [0, 0.1) is 6.20 Å². The normalized spacial score (nSPS) is 11.3. The van der Waals surface area contributed by atoms with Crippen LogP contribution in [-0.2, 0) is 6.54 Å². The fourth-order valence-corrected chi connectivity index (χ4v) is 3.41. The lowest BCUT2D eigenvalue weighted by Crippen LogP contribution is -2.05. The van der Waals surface area contributed by atoms with E-state index in [-0.39, 0.29) is 0 Å². The average Bonchev–Trinajstić information content (AvgIpc) is 3.45. The standard InChI is InChI=1S/C23H17F2N6/c24-21(25)14-31-10-8-16-1-2-17(11-20(16)31)23-26-9-7-22(30-23)29-19-5-3-15(4-6-19)18-12-27-28-13-18/h1-9,11-13,21H,14H2,(H,27,28)(H,26,29,30). The zero-order valence-corrected chi connectivity index (χ0v) is 16.3. The second kappa shape index (κ2) is 7.98. The van der Waals surface area contributed by atoms with Crippen molar-refractivity contribution >= 4 is 22.4 Å². The Morgan fingerprint density at radius 1 is 1.03 bits per heavy atom. The Hall–Kier alpha value is -4.07. The Labute approximate surface area is 176 Å². The molecule has 0 unspecified atom stereocenters. The molecule has 0 aliphatic rings. The molecule has 5 rings (SSSR count). The quantitative estimate of drug-likeness (QED) is 0.395. The highest BCUT2D eigenvalue weighted by Gasteiger charge is 2.10. The van der Waals surface area contributed by atoms with Crippen LogP contribution in [0.2, 0.25) is 0 Å². The second-order valence-corrected chi connectivity index (χ2v) is 7.00. The molecule has 0 aliphatic heterocycles. The maximum absolute atomic E-state index is 12.8. The van der Waals surface area contributed by atoms with Gasteiger partial charge in [0.25, 0.3) is 6.43 Å². The van der Waals surface area contributed by atoms with E-state index in [2.05, 4.69) is 31.7 Å². The van der Waals surface area contributed by atoms with Crippen molar-refractivity contribution in [2.24, 2.45) is 0 Å². The van der Waals surface area contributed by atoms with Crippen molar-refractivity contribution in [3.8, 4) is 22.5 Å². The van der Waals surface area contributed by atoms with E-state index in [9.17, 15) is 8.78 Å². The first kappa shape index (κ1) is 18.9. The molecule has 2 aromatic carbocycles. The average molecular weight is 415 g/mol. The molecule has 3 heterocycles. The summed E-state index contributed by atoms with van der Waals surface area (Å²) in [4.78, 5) is 8.94. The number of alkyl halides is 2. The Kier molecular flexibility index (Phi) is 4.87. The van der Waals surface area contributed by atoms with Crippen LogP contribution in [0.15, 0.2) is 73.2 Å². The van der Waals surface area contributed by atoms with Gasteiger partial charge in [0.15, 0.2) is 5.82 Å². The highest BCUT2D eigenvalue weighted by molar-refractivity contribution is 5.84. The zero-order chi connectivity index (χ0) is 21.2. The van der Waals surface area contributed by atoms with Crippen LogP contribution in [0.4, 0.5) is 20.3 Å². The van der Waals surface area contributed by atoms with Crippen molar-refractivity contribution in [3.05, 3.63) is 79.4 Å². The molecule has 0 bridgehead atoms. The molecule has 0 saturated carbocycles. The largest absolute Gasteiger partial charge is 0.340 e. The van der Waals surface area contributed by atoms with E-state index in [1.165, 1.54) is 4.57 Å². The molecular weight excluding hydrogens is 398 g/mol. The summed E-state index contributed by atoms with van der Waals surface area (Å²) < 4.78 is 27.1. The monoisotopic (exact) mass is 415 g/mol. The molecule has 5 aromatic rings. The topological polar surface area (TPSA) is 71.4 Å². The van der Waals surface area contributed by atoms with Gasteiger partial charge in [-0.1, -0.05) is 24.3 Å². The number of benzene rings is 2. The molecule has 0 fully saturated rings. The SMILES string of the molecule is FC(F)Cn1[c]cc2ccc(-c3nccc(Nc4ccc(-c5cn[nH]c5)cc4)n3)cc21. The number of nitrogens with one attached hydrogen (secondary N) is 2. The fourth-order valence-electron chi connectivity index (χ4n) is 3.41. The van der Waals surface area contributed by atoms with Crippen LogP contribution in [0.25, 0.3) is 33.4 Å². The van der Waals surface area contributed by atoms with E-state index >= 15 is 0 Å². The third kappa shape index (κ3) is 4.00. The van der Waals surface area contributed by atoms with Gasteiger partial charge in [0.05, 0.1) is 18.9 Å². The number of fused-ring (bicyclic) bond motifs is 1. The van der Waals surface area contributed by atoms with Gasteiger partial charge in [-0.2, -0.15) is 5.10 Å². The first-order valence-corrected chi connectivity index (χ1v) is 9.64. The molecular formula is C23H17F2N6. The molecule has 31 heavy (non-hydrogen) atoms. The van der Waals surface area contributed by atoms with E-state index in [0.717, 1.165) is 27.8 Å². The molecule has 0 aliphatic carbocycles. The smallest absolute Gasteiger partial charge is 0.256 e. The maximum Gasteiger partial charge on any atom is 0.256 e. The molecule has 0 spiro atoms. The van der Waals surface area contributed by atoms with Crippen LogP contribution in [0.3, 0.4) is 0 Å². The minimum Gasteiger partial charge on any atom is -0.340 e. The number of H-pyrrole nitrogens is 1. The van der Waals surface area contributed by atoms with Crippen molar-refractivity contribution in [3.63, 3.8) is 0 Å². The molecule has 8 heteroatoms. The van der Waals surface area contributed by atoms with Gasteiger partial charge in [0.2, 0.25) is 0 Å². The lowest BCUT2D eigenvalue weighted by molar-refractivity contribution is 0.128. The number of hydrogen-bond donors (Lipinski definition) is 2. The third-order valence-electron chi connectivity index (χ3n) is 4.92. The molecule has 3 aromatic heterocycles. The lowest BCUT2D eigenvalue weighted by atomic mass is 10.1. The summed E-state index contributed by atoms with van der Waals surface area (Å²) in [6.07, 6.45) is 5.69. The number of nitrogens with zero attached hydrogens (tertiary/aromatic N) is 4. The van der Waals surface area contributed by atoms with E-state index in [1.54, 1.807) is 24.5 Å². The van der Waals surface area contributed by atoms with Crippen LogP contribution in [-0.4, -0.2) is 31.2 Å². The molecule has 0 atom stereocenters. The number of anilines is 2. The van der Waals surface area contributed by atoms with Gasteiger partial charge < -0.3 is 9.88 Å². The number of aromatic nitrogens is 5. The predicted molar refractivity (Wildman–Crippen MR) is 115 cm³/mol. The van der Waals surface area contributed by atoms with Crippen LogP contribution < -0.4 is 5.32 Å². The summed E-state index contributed by atoms with van der Waals surface area (Å²) in [5.41, 5.74) is 4.37. The number of rotatable bonds is 6. The van der Waals surface area contributed by atoms with Gasteiger partial charge in [-0.05, 0) is 35.9 Å². The summed E-state index contributed by atoms with van der Waals surface area (Å²) in [7, 11) is 0. The Morgan fingerprint density at radius 3 is 2.65 bits per heavy atom. The van der Waals surface area contributed by atoms with Gasteiger partial charge in [0.1, 0.15) is 5.82 Å². The van der Waals surface area contributed by atoms with Crippen molar-refractivity contribution in [2.75, 3.05) is 5.32 Å².